The van der Waals surface area contributed by atoms with Gasteiger partial charge in [0.2, 0.25) is 5.88 Å². The van der Waals surface area contributed by atoms with Crippen LogP contribution in [0.15, 0.2) is 18.3 Å². The van der Waals surface area contributed by atoms with E-state index in [1.165, 1.54) is 25.4 Å². The lowest BCUT2D eigenvalue weighted by Crippen LogP contribution is -2.39. The monoisotopic (exact) mass is 246 g/mol. The second-order valence-corrected chi connectivity index (χ2v) is 3.26. The fourth-order valence-corrected chi connectivity index (χ4v) is 1.09. The largest absolute Gasteiger partial charge is 0.480 e. The molecule has 0 bridgehead atoms. The van der Waals surface area contributed by atoms with Crippen molar-refractivity contribution < 1.29 is 23.4 Å². The van der Waals surface area contributed by atoms with E-state index in [1.54, 1.807) is 0 Å². The zero-order valence-electron chi connectivity index (χ0n) is 9.11. The van der Waals surface area contributed by atoms with Crippen molar-refractivity contribution in [1.82, 2.24) is 10.3 Å². The van der Waals surface area contributed by atoms with Crippen molar-refractivity contribution in [3.63, 3.8) is 0 Å². The first-order chi connectivity index (χ1) is 8.00. The van der Waals surface area contributed by atoms with Crippen LogP contribution in [0.1, 0.15) is 10.4 Å². The Labute approximate surface area is 96.4 Å². The summed E-state index contributed by atoms with van der Waals surface area (Å²) in [6.07, 6.45) is 1.41. The number of alkyl halides is 2. The van der Waals surface area contributed by atoms with Crippen LogP contribution in [-0.4, -0.2) is 42.2 Å². The van der Waals surface area contributed by atoms with Crippen LogP contribution in [0.3, 0.4) is 0 Å². The molecule has 0 aliphatic rings. The summed E-state index contributed by atoms with van der Waals surface area (Å²) >= 11 is 0. The van der Waals surface area contributed by atoms with E-state index in [0.29, 0.717) is 0 Å². The molecule has 1 rings (SSSR count). The van der Waals surface area contributed by atoms with Crippen LogP contribution >= 0.6 is 0 Å². The van der Waals surface area contributed by atoms with Crippen LogP contribution in [-0.2, 0) is 0 Å². The molecule has 0 spiro atoms. The lowest BCUT2D eigenvalue weighted by Gasteiger charge is -2.14. The summed E-state index contributed by atoms with van der Waals surface area (Å²) in [6, 6.07) is 2.89. The summed E-state index contributed by atoms with van der Waals surface area (Å²) in [5.74, 6) is -4.02. The molecular weight excluding hydrogens is 234 g/mol. The van der Waals surface area contributed by atoms with Gasteiger partial charge in [-0.15, -0.1) is 0 Å². The molecule has 5 nitrogen and oxygen atoms in total. The molecule has 0 saturated carbocycles. The summed E-state index contributed by atoms with van der Waals surface area (Å²) in [6.45, 7) is -2.27. The molecular formula is C10H12F2N2O3. The second kappa shape index (κ2) is 5.53. The fourth-order valence-electron chi connectivity index (χ4n) is 1.09. The van der Waals surface area contributed by atoms with Gasteiger partial charge in [-0.1, -0.05) is 0 Å². The Kier molecular flexibility index (Phi) is 4.33. The lowest BCUT2D eigenvalue weighted by molar-refractivity contribution is -0.0462. The summed E-state index contributed by atoms with van der Waals surface area (Å²) in [5.41, 5.74) is 0.0590. The van der Waals surface area contributed by atoms with Gasteiger partial charge in [0.25, 0.3) is 11.8 Å². The van der Waals surface area contributed by atoms with Crippen molar-refractivity contribution in [2.75, 3.05) is 20.3 Å². The number of halogens is 2. The van der Waals surface area contributed by atoms with Gasteiger partial charge in [0, 0.05) is 6.20 Å². The van der Waals surface area contributed by atoms with E-state index >= 15 is 0 Å². The van der Waals surface area contributed by atoms with Gasteiger partial charge < -0.3 is 15.2 Å². The number of ether oxygens (including phenoxy) is 1. The van der Waals surface area contributed by atoms with Gasteiger partial charge in [-0.05, 0) is 12.1 Å². The number of amides is 1. The zero-order chi connectivity index (χ0) is 12.9. The SMILES string of the molecule is COc1ncccc1C(=O)NCC(F)(F)CO. The number of hydrogen-bond donors (Lipinski definition) is 2. The maximum Gasteiger partial charge on any atom is 0.287 e. The maximum absolute atomic E-state index is 12.7. The number of aliphatic hydroxyl groups is 1. The molecule has 17 heavy (non-hydrogen) atoms. The molecule has 1 heterocycles. The van der Waals surface area contributed by atoms with E-state index in [2.05, 4.69) is 4.98 Å². The zero-order valence-corrected chi connectivity index (χ0v) is 9.11. The molecule has 0 unspecified atom stereocenters. The molecule has 94 valence electrons. The van der Waals surface area contributed by atoms with Crippen molar-refractivity contribution in [3.8, 4) is 5.88 Å². The minimum Gasteiger partial charge on any atom is -0.480 e. The molecule has 0 aliphatic heterocycles. The maximum atomic E-state index is 12.7. The number of rotatable bonds is 5. The highest BCUT2D eigenvalue weighted by Gasteiger charge is 2.28. The van der Waals surface area contributed by atoms with Crippen molar-refractivity contribution >= 4 is 5.91 Å². The second-order valence-electron chi connectivity index (χ2n) is 3.26. The molecule has 0 radical (unpaired) electrons. The summed E-state index contributed by atoms with van der Waals surface area (Å²) in [5, 5.41) is 10.3. The predicted octanol–water partition coefficient (Wildman–Crippen LogP) is 0.448. The Balaban J connectivity index is 2.70. The summed E-state index contributed by atoms with van der Waals surface area (Å²) in [7, 11) is 1.32. The van der Waals surface area contributed by atoms with Gasteiger partial charge in [-0.3, -0.25) is 4.79 Å². The first-order valence-electron chi connectivity index (χ1n) is 4.76. The molecule has 7 heteroatoms. The number of aromatic nitrogens is 1. The number of nitrogens with one attached hydrogen (secondary N) is 1. The Hall–Kier alpha value is -1.76. The van der Waals surface area contributed by atoms with E-state index < -0.39 is 25.0 Å². The number of hydrogen-bond acceptors (Lipinski definition) is 4. The third-order valence-corrected chi connectivity index (χ3v) is 1.95. The van der Waals surface area contributed by atoms with E-state index in [0.717, 1.165) is 0 Å². The van der Waals surface area contributed by atoms with Crippen molar-refractivity contribution in [2.45, 2.75) is 5.92 Å². The Morgan fingerprint density at radius 2 is 2.35 bits per heavy atom. The summed E-state index contributed by atoms with van der Waals surface area (Å²) < 4.78 is 30.2. The highest BCUT2D eigenvalue weighted by molar-refractivity contribution is 5.96. The smallest absolute Gasteiger partial charge is 0.287 e. The molecule has 1 aromatic heterocycles. The van der Waals surface area contributed by atoms with Crippen molar-refractivity contribution in [3.05, 3.63) is 23.9 Å². The normalized spacial score (nSPS) is 11.1. The van der Waals surface area contributed by atoms with Crippen LogP contribution in [0.2, 0.25) is 0 Å². The van der Waals surface area contributed by atoms with E-state index in [9.17, 15) is 13.6 Å². The van der Waals surface area contributed by atoms with E-state index in [1.807, 2.05) is 5.32 Å². The Morgan fingerprint density at radius 1 is 1.65 bits per heavy atom. The van der Waals surface area contributed by atoms with E-state index in [-0.39, 0.29) is 11.4 Å². The number of carbonyl (C=O) groups excluding carboxylic acids is 1. The Bertz CT molecular complexity index is 399. The van der Waals surface area contributed by atoms with Crippen LogP contribution in [0.4, 0.5) is 8.78 Å². The van der Waals surface area contributed by atoms with Gasteiger partial charge in [-0.2, -0.15) is 0 Å². The van der Waals surface area contributed by atoms with Crippen LogP contribution in [0, 0.1) is 0 Å². The molecule has 1 aromatic rings. The van der Waals surface area contributed by atoms with Gasteiger partial charge in [0.05, 0.1) is 13.7 Å². The topological polar surface area (TPSA) is 71.5 Å². The van der Waals surface area contributed by atoms with Gasteiger partial charge in [-0.25, -0.2) is 13.8 Å². The van der Waals surface area contributed by atoms with Gasteiger partial charge in [0.15, 0.2) is 0 Å². The first kappa shape index (κ1) is 13.3. The van der Waals surface area contributed by atoms with Crippen molar-refractivity contribution in [1.29, 1.82) is 0 Å². The predicted molar refractivity (Wildman–Crippen MR) is 55.2 cm³/mol. The van der Waals surface area contributed by atoms with Gasteiger partial charge in [0.1, 0.15) is 12.2 Å². The quantitative estimate of drug-likeness (QED) is 0.791. The first-order valence-corrected chi connectivity index (χ1v) is 4.76. The number of methoxy groups -OCH3 is 1. The number of pyridine rings is 1. The molecule has 0 aliphatic carbocycles. The molecule has 0 fully saturated rings. The highest BCUT2D eigenvalue weighted by Crippen LogP contribution is 2.14. The minimum atomic E-state index is -3.34. The average molecular weight is 246 g/mol. The molecule has 0 saturated heterocycles. The van der Waals surface area contributed by atoms with Gasteiger partial charge >= 0.3 is 0 Å². The van der Waals surface area contributed by atoms with Crippen LogP contribution in [0.5, 0.6) is 5.88 Å². The molecule has 0 aromatic carbocycles. The number of carbonyl (C=O) groups is 1. The van der Waals surface area contributed by atoms with Crippen LogP contribution < -0.4 is 10.1 Å². The standard InChI is InChI=1S/C10H12F2N2O3/c1-17-9-7(3-2-4-13-9)8(16)14-5-10(11,12)6-15/h2-4,15H,5-6H2,1H3,(H,14,16). The minimum absolute atomic E-state index is 0.0531. The Morgan fingerprint density at radius 3 is 2.94 bits per heavy atom. The van der Waals surface area contributed by atoms with Crippen LogP contribution in [0.25, 0.3) is 0 Å². The lowest BCUT2D eigenvalue weighted by atomic mass is 10.2. The average Bonchev–Trinajstić information content (AvgIpc) is 2.36. The number of aliphatic hydroxyl groups excluding tert-OH is 1. The number of nitrogens with zero attached hydrogens (tertiary/aromatic N) is 1. The third-order valence-electron chi connectivity index (χ3n) is 1.95. The third kappa shape index (κ3) is 3.63. The highest BCUT2D eigenvalue weighted by atomic mass is 19.3. The molecule has 2 N–H and O–H groups in total. The van der Waals surface area contributed by atoms with E-state index in [4.69, 9.17) is 9.84 Å². The fraction of sp³-hybridized carbons (Fsp3) is 0.400. The summed E-state index contributed by atoms with van der Waals surface area (Å²) in [4.78, 5) is 15.3. The van der Waals surface area contributed by atoms with Crippen molar-refractivity contribution in [2.24, 2.45) is 0 Å². The molecule has 1 amide bonds. The molecule has 0 atom stereocenters.